The lowest BCUT2D eigenvalue weighted by Crippen LogP contribution is -2.53. The number of hydrogen-bond donors (Lipinski definition) is 3. The zero-order valence-corrected chi connectivity index (χ0v) is 24.3. The van der Waals surface area contributed by atoms with Crippen LogP contribution in [-0.2, 0) is 19.1 Å². The van der Waals surface area contributed by atoms with Crippen molar-refractivity contribution in [3.05, 3.63) is 66.2 Å². The number of nitrogens with zero attached hydrogens (tertiary/aromatic N) is 1. The molecule has 4 atom stereocenters. The van der Waals surface area contributed by atoms with Gasteiger partial charge in [-0.05, 0) is 81.0 Å². The van der Waals surface area contributed by atoms with Gasteiger partial charge in [0.15, 0.2) is 0 Å². The molecule has 4 unspecified atom stereocenters. The molecule has 2 aromatic rings. The van der Waals surface area contributed by atoms with Gasteiger partial charge in [0.2, 0.25) is 11.8 Å². The molecule has 0 heterocycles. The number of carbonyl (C=O) groups is 4. The van der Waals surface area contributed by atoms with E-state index in [2.05, 4.69) is 17.2 Å². The minimum Gasteiger partial charge on any atom is -0.497 e. The van der Waals surface area contributed by atoms with Crippen LogP contribution in [0.2, 0.25) is 0 Å². The molecule has 0 spiro atoms. The average molecular weight is 565 g/mol. The van der Waals surface area contributed by atoms with Crippen LogP contribution in [0.25, 0.3) is 6.08 Å². The SMILES string of the molecule is C=Cc1cccc(C(C(=O)Nc2ccc(OC)cc2)N(C(=O)C(CCC(N)=O)NC(=O)OC(C)(C)C)C2CC2C)c1. The maximum Gasteiger partial charge on any atom is 0.408 e. The standard InChI is InChI=1S/C31H40N4O6/c1-7-20-9-8-10-21(18-20)27(28(37)33-22-11-13-23(40-6)14-12-22)35(25-17-19(25)2)29(38)24(15-16-26(32)36)34-30(39)41-31(3,4)5/h7-14,18-19,24-25,27H,1,15-17H2,2-6H3,(H2,32,36)(H,33,37)(H,34,39). The fourth-order valence-electron chi connectivity index (χ4n) is 4.53. The van der Waals surface area contributed by atoms with E-state index in [0.717, 1.165) is 5.56 Å². The highest BCUT2D eigenvalue weighted by atomic mass is 16.6. The van der Waals surface area contributed by atoms with Gasteiger partial charge in [-0.15, -0.1) is 0 Å². The zero-order valence-electron chi connectivity index (χ0n) is 24.3. The highest BCUT2D eigenvalue weighted by Crippen LogP contribution is 2.41. The minimum atomic E-state index is -1.15. The van der Waals surface area contributed by atoms with E-state index in [1.54, 1.807) is 76.4 Å². The number of amides is 4. The summed E-state index contributed by atoms with van der Waals surface area (Å²) in [5, 5.41) is 5.54. The van der Waals surface area contributed by atoms with Gasteiger partial charge in [-0.25, -0.2) is 4.79 Å². The molecular formula is C31H40N4O6. The lowest BCUT2D eigenvalue weighted by Gasteiger charge is -2.35. The van der Waals surface area contributed by atoms with E-state index >= 15 is 0 Å². The second-order valence-electron chi connectivity index (χ2n) is 11.2. The molecule has 1 aliphatic rings. The largest absolute Gasteiger partial charge is 0.497 e. The van der Waals surface area contributed by atoms with Crippen molar-refractivity contribution in [3.63, 3.8) is 0 Å². The van der Waals surface area contributed by atoms with Crippen molar-refractivity contribution in [2.45, 2.75) is 70.7 Å². The number of carbonyl (C=O) groups excluding carboxylic acids is 4. The Morgan fingerprint density at radius 1 is 1.15 bits per heavy atom. The molecule has 10 heteroatoms. The quantitative estimate of drug-likeness (QED) is 0.349. The van der Waals surface area contributed by atoms with Gasteiger partial charge < -0.3 is 30.7 Å². The molecule has 1 saturated carbocycles. The van der Waals surface area contributed by atoms with Crippen LogP contribution in [0.1, 0.15) is 64.1 Å². The highest BCUT2D eigenvalue weighted by Gasteiger charge is 2.48. The van der Waals surface area contributed by atoms with Gasteiger partial charge in [0, 0.05) is 18.2 Å². The fourth-order valence-corrected chi connectivity index (χ4v) is 4.53. The van der Waals surface area contributed by atoms with Gasteiger partial charge in [0.25, 0.3) is 5.91 Å². The van der Waals surface area contributed by atoms with Crippen LogP contribution >= 0.6 is 0 Å². The number of primary amides is 1. The summed E-state index contributed by atoms with van der Waals surface area (Å²) >= 11 is 0. The third kappa shape index (κ3) is 8.83. The summed E-state index contributed by atoms with van der Waals surface area (Å²) in [6.07, 6.45) is 1.33. The first kappa shape index (κ1) is 31.2. The van der Waals surface area contributed by atoms with Gasteiger partial charge in [-0.1, -0.05) is 37.8 Å². The van der Waals surface area contributed by atoms with Crippen molar-refractivity contribution in [2.24, 2.45) is 11.7 Å². The Morgan fingerprint density at radius 2 is 1.80 bits per heavy atom. The minimum absolute atomic E-state index is 0.0511. The Balaban J connectivity index is 2.04. The van der Waals surface area contributed by atoms with Gasteiger partial charge >= 0.3 is 6.09 Å². The summed E-state index contributed by atoms with van der Waals surface area (Å²) < 4.78 is 10.6. The van der Waals surface area contributed by atoms with E-state index in [-0.39, 0.29) is 24.8 Å². The number of methoxy groups -OCH3 is 1. The molecule has 0 aromatic heterocycles. The van der Waals surface area contributed by atoms with Crippen molar-refractivity contribution in [1.29, 1.82) is 0 Å². The second kappa shape index (κ2) is 13.3. The Bertz CT molecular complexity index is 1270. The Morgan fingerprint density at radius 3 is 2.34 bits per heavy atom. The van der Waals surface area contributed by atoms with E-state index < -0.39 is 41.5 Å². The molecule has 0 saturated heterocycles. The van der Waals surface area contributed by atoms with Crippen molar-refractivity contribution in [1.82, 2.24) is 10.2 Å². The van der Waals surface area contributed by atoms with E-state index in [1.165, 1.54) is 4.90 Å². The molecule has 4 amide bonds. The second-order valence-corrected chi connectivity index (χ2v) is 11.2. The van der Waals surface area contributed by atoms with Crippen LogP contribution < -0.4 is 21.1 Å². The molecule has 0 bridgehead atoms. The van der Waals surface area contributed by atoms with Gasteiger partial charge in [-0.3, -0.25) is 14.4 Å². The molecule has 0 aliphatic heterocycles. The maximum atomic E-state index is 14.3. The fraction of sp³-hybridized carbons (Fsp3) is 0.419. The lowest BCUT2D eigenvalue weighted by atomic mass is 9.99. The molecule has 1 fully saturated rings. The van der Waals surface area contributed by atoms with Crippen LogP contribution in [0.3, 0.4) is 0 Å². The number of hydrogen-bond acceptors (Lipinski definition) is 6. The van der Waals surface area contributed by atoms with Crippen LogP contribution in [0.5, 0.6) is 5.75 Å². The van der Waals surface area contributed by atoms with Crippen molar-refractivity contribution in [2.75, 3.05) is 12.4 Å². The molecule has 220 valence electrons. The van der Waals surface area contributed by atoms with Crippen LogP contribution in [0.15, 0.2) is 55.1 Å². The first-order chi connectivity index (χ1) is 19.3. The van der Waals surface area contributed by atoms with Gasteiger partial charge in [-0.2, -0.15) is 0 Å². The Labute approximate surface area is 241 Å². The monoisotopic (exact) mass is 564 g/mol. The molecule has 4 N–H and O–H groups in total. The van der Waals surface area contributed by atoms with Crippen molar-refractivity contribution in [3.8, 4) is 5.75 Å². The summed E-state index contributed by atoms with van der Waals surface area (Å²) in [6.45, 7) is 10.9. The first-order valence-electron chi connectivity index (χ1n) is 13.6. The van der Waals surface area contributed by atoms with E-state index in [9.17, 15) is 19.2 Å². The number of benzene rings is 2. The molecule has 10 nitrogen and oxygen atoms in total. The van der Waals surface area contributed by atoms with Gasteiger partial charge in [0.05, 0.1) is 7.11 Å². The summed E-state index contributed by atoms with van der Waals surface area (Å²) in [5.74, 6) is -0.809. The molecule has 2 aromatic carbocycles. The Hall–Kier alpha value is -4.34. The predicted molar refractivity (Wildman–Crippen MR) is 157 cm³/mol. The smallest absolute Gasteiger partial charge is 0.408 e. The molecule has 1 aliphatic carbocycles. The van der Waals surface area contributed by atoms with E-state index in [1.807, 2.05) is 13.0 Å². The van der Waals surface area contributed by atoms with Crippen LogP contribution in [0.4, 0.5) is 10.5 Å². The summed E-state index contributed by atoms with van der Waals surface area (Å²) in [6, 6.07) is 11.6. The zero-order chi connectivity index (χ0) is 30.3. The van der Waals surface area contributed by atoms with E-state index in [0.29, 0.717) is 23.4 Å². The first-order valence-corrected chi connectivity index (χ1v) is 13.6. The third-order valence-corrected chi connectivity index (χ3v) is 6.69. The maximum absolute atomic E-state index is 14.3. The van der Waals surface area contributed by atoms with Crippen LogP contribution in [-0.4, -0.2) is 53.5 Å². The third-order valence-electron chi connectivity index (χ3n) is 6.69. The Kier molecular flexibility index (Phi) is 10.2. The molecule has 41 heavy (non-hydrogen) atoms. The predicted octanol–water partition coefficient (Wildman–Crippen LogP) is 4.41. The lowest BCUT2D eigenvalue weighted by molar-refractivity contribution is -0.142. The van der Waals surface area contributed by atoms with Crippen molar-refractivity contribution >= 4 is 35.6 Å². The number of anilines is 1. The number of alkyl carbamates (subject to hydrolysis) is 1. The summed E-state index contributed by atoms with van der Waals surface area (Å²) in [4.78, 5) is 54.2. The number of ether oxygens (including phenoxy) is 2. The molecular weight excluding hydrogens is 524 g/mol. The summed E-state index contributed by atoms with van der Waals surface area (Å²) in [5.41, 5.74) is 6.46. The molecule has 3 rings (SSSR count). The number of rotatable bonds is 12. The van der Waals surface area contributed by atoms with Gasteiger partial charge in [0.1, 0.15) is 23.4 Å². The number of nitrogens with two attached hydrogens (primary N) is 1. The average Bonchev–Trinajstić information content (AvgIpc) is 3.63. The summed E-state index contributed by atoms with van der Waals surface area (Å²) in [7, 11) is 1.55. The topological polar surface area (TPSA) is 140 Å². The number of nitrogens with one attached hydrogen (secondary N) is 2. The normalized spacial score (nSPS) is 17.4. The van der Waals surface area contributed by atoms with Crippen LogP contribution in [0, 0.1) is 5.92 Å². The van der Waals surface area contributed by atoms with Crippen molar-refractivity contribution < 1.29 is 28.7 Å². The molecule has 0 radical (unpaired) electrons. The van der Waals surface area contributed by atoms with E-state index in [4.69, 9.17) is 15.2 Å². The highest BCUT2D eigenvalue weighted by molar-refractivity contribution is 5.99.